The van der Waals surface area contributed by atoms with E-state index >= 15 is 0 Å². The van der Waals surface area contributed by atoms with Gasteiger partial charge in [0.1, 0.15) is 0 Å². The van der Waals surface area contributed by atoms with Crippen LogP contribution >= 0.6 is 0 Å². The molecule has 0 saturated heterocycles. The number of carbonyl (C=O) groups is 1. The molecule has 0 saturated carbocycles. The van der Waals surface area contributed by atoms with Gasteiger partial charge in [0.2, 0.25) is 6.16 Å². The van der Waals surface area contributed by atoms with Gasteiger partial charge in [0.05, 0.1) is 6.61 Å². The minimum Gasteiger partial charge on any atom is -0.565 e. The summed E-state index contributed by atoms with van der Waals surface area (Å²) >= 11 is 0. The van der Waals surface area contributed by atoms with Gasteiger partial charge in [-0.25, -0.2) is 0 Å². The van der Waals surface area contributed by atoms with Crippen molar-refractivity contribution in [3.8, 4) is 0 Å². The molecule has 86 valence electrons. The first-order valence-corrected chi connectivity index (χ1v) is 3.89. The van der Waals surface area contributed by atoms with Crippen LogP contribution in [0.25, 0.3) is 0 Å². The molecule has 8 heteroatoms. The van der Waals surface area contributed by atoms with Crippen molar-refractivity contribution in [2.45, 2.75) is 26.4 Å². The number of carboxylic acid groups (broad SMARTS) is 2. The molecule has 0 fully saturated rings. The molecule has 15 heavy (non-hydrogen) atoms. The molecule has 0 rings (SSSR count). The summed E-state index contributed by atoms with van der Waals surface area (Å²) in [5.74, 6) is 0. The standard InChI is InChI=1S/C6H14O4.CH2O3.K/c1-3-9-4-6(8)10-5(2)7;2-1(3)4;/h5-8H,3-4H2,1-2H3;(H2,2,3,4);/q;;+1/p-1. The number of ether oxygens (including phenoxy) is 2. The number of aliphatic hydroxyl groups excluding tert-OH is 2. The van der Waals surface area contributed by atoms with Gasteiger partial charge in [0.25, 0.3) is 0 Å². The van der Waals surface area contributed by atoms with Gasteiger partial charge < -0.3 is 34.7 Å². The molecular formula is C7H15KO7. The first-order chi connectivity index (χ1) is 6.40. The van der Waals surface area contributed by atoms with Gasteiger partial charge in [-0.1, -0.05) is 0 Å². The van der Waals surface area contributed by atoms with Crippen LogP contribution in [0.2, 0.25) is 0 Å². The van der Waals surface area contributed by atoms with Crippen LogP contribution in [0.1, 0.15) is 13.8 Å². The van der Waals surface area contributed by atoms with E-state index in [9.17, 15) is 0 Å². The third-order valence-corrected chi connectivity index (χ3v) is 0.819. The predicted octanol–water partition coefficient (Wildman–Crippen LogP) is -4.41. The quantitative estimate of drug-likeness (QED) is 0.333. The molecule has 0 aliphatic heterocycles. The maximum atomic E-state index is 8.84. The van der Waals surface area contributed by atoms with E-state index in [1.54, 1.807) is 0 Å². The van der Waals surface area contributed by atoms with Gasteiger partial charge in [-0.05, 0) is 13.8 Å². The Labute approximate surface area is 130 Å². The molecule has 0 spiro atoms. The number of aliphatic hydroxyl groups is 2. The molecule has 0 aromatic heterocycles. The van der Waals surface area contributed by atoms with Crippen LogP contribution in [0.3, 0.4) is 0 Å². The molecule has 0 heterocycles. The second kappa shape index (κ2) is 14.7. The molecule has 0 aliphatic carbocycles. The Morgan fingerprint density at radius 3 is 2.13 bits per heavy atom. The SMILES string of the molecule is CCOCC(O)OC(C)O.O=C([O-])O.[K+]. The van der Waals surface area contributed by atoms with E-state index < -0.39 is 18.7 Å². The molecular weight excluding hydrogens is 235 g/mol. The summed E-state index contributed by atoms with van der Waals surface area (Å²) in [5, 5.41) is 32.7. The predicted molar refractivity (Wildman–Crippen MR) is 43.3 cm³/mol. The van der Waals surface area contributed by atoms with Gasteiger partial charge in [-0.3, -0.25) is 0 Å². The maximum absolute atomic E-state index is 8.84. The van der Waals surface area contributed by atoms with Crippen molar-refractivity contribution in [2.24, 2.45) is 0 Å². The van der Waals surface area contributed by atoms with Crippen LogP contribution in [0.5, 0.6) is 0 Å². The summed E-state index contributed by atoms with van der Waals surface area (Å²) < 4.78 is 9.35. The number of rotatable bonds is 5. The van der Waals surface area contributed by atoms with E-state index in [1.807, 2.05) is 6.92 Å². The molecule has 0 aromatic rings. The van der Waals surface area contributed by atoms with Crippen molar-refractivity contribution in [2.75, 3.05) is 13.2 Å². The minimum absolute atomic E-state index is 0. The summed E-state index contributed by atoms with van der Waals surface area (Å²) in [7, 11) is 0. The molecule has 2 unspecified atom stereocenters. The Balaban J connectivity index is -0.000000249. The molecule has 0 aliphatic rings. The first kappa shape index (κ1) is 21.1. The van der Waals surface area contributed by atoms with E-state index in [0.717, 1.165) is 0 Å². The van der Waals surface area contributed by atoms with E-state index in [2.05, 4.69) is 4.74 Å². The fraction of sp³-hybridized carbons (Fsp3) is 0.857. The van der Waals surface area contributed by atoms with Crippen molar-refractivity contribution >= 4 is 6.16 Å². The van der Waals surface area contributed by atoms with Crippen LogP contribution in [-0.4, -0.2) is 47.3 Å². The van der Waals surface area contributed by atoms with Gasteiger partial charge >= 0.3 is 51.4 Å². The Kier molecular flexibility index (Phi) is 20.7. The second-order valence-electron chi connectivity index (χ2n) is 2.12. The normalized spacial score (nSPS) is 12.8. The van der Waals surface area contributed by atoms with Crippen LogP contribution < -0.4 is 56.5 Å². The van der Waals surface area contributed by atoms with Gasteiger partial charge in [-0.2, -0.15) is 0 Å². The van der Waals surface area contributed by atoms with E-state index in [1.165, 1.54) is 6.92 Å². The van der Waals surface area contributed by atoms with Crippen LogP contribution in [0.15, 0.2) is 0 Å². The summed E-state index contributed by atoms with van der Waals surface area (Å²) in [4.78, 5) is 8.44. The van der Waals surface area contributed by atoms with Crippen molar-refractivity contribution in [1.29, 1.82) is 0 Å². The summed E-state index contributed by atoms with van der Waals surface area (Å²) in [5.41, 5.74) is 0. The first-order valence-electron chi connectivity index (χ1n) is 3.89. The number of hydrogen-bond acceptors (Lipinski definition) is 6. The molecule has 0 amide bonds. The smallest absolute Gasteiger partial charge is 0.565 e. The van der Waals surface area contributed by atoms with Crippen molar-refractivity contribution in [1.82, 2.24) is 0 Å². The van der Waals surface area contributed by atoms with Crippen molar-refractivity contribution < 1.29 is 86.1 Å². The van der Waals surface area contributed by atoms with E-state index in [-0.39, 0.29) is 58.0 Å². The minimum atomic E-state index is -2.08. The summed E-state index contributed by atoms with van der Waals surface area (Å²) in [6.07, 6.45) is -4.06. The third-order valence-electron chi connectivity index (χ3n) is 0.819. The van der Waals surface area contributed by atoms with Crippen LogP contribution in [0, 0.1) is 0 Å². The summed E-state index contributed by atoms with van der Waals surface area (Å²) in [6.45, 7) is 3.87. The van der Waals surface area contributed by atoms with Gasteiger partial charge in [0, 0.05) is 6.61 Å². The zero-order valence-electron chi connectivity index (χ0n) is 9.04. The van der Waals surface area contributed by atoms with E-state index in [4.69, 9.17) is 30.0 Å². The molecule has 7 nitrogen and oxygen atoms in total. The Morgan fingerprint density at radius 1 is 1.47 bits per heavy atom. The van der Waals surface area contributed by atoms with Gasteiger partial charge in [-0.15, -0.1) is 0 Å². The Hall–Kier alpha value is 0.746. The van der Waals surface area contributed by atoms with Crippen molar-refractivity contribution in [3.63, 3.8) is 0 Å². The zero-order chi connectivity index (χ0) is 11.6. The largest absolute Gasteiger partial charge is 1.00 e. The summed E-state index contributed by atoms with van der Waals surface area (Å²) in [6, 6.07) is 0. The second-order valence-corrected chi connectivity index (χ2v) is 2.12. The monoisotopic (exact) mass is 250 g/mol. The van der Waals surface area contributed by atoms with Gasteiger partial charge in [0.15, 0.2) is 12.6 Å². The molecule has 0 radical (unpaired) electrons. The molecule has 3 N–H and O–H groups in total. The third kappa shape index (κ3) is 31.3. The Morgan fingerprint density at radius 2 is 1.87 bits per heavy atom. The topological polar surface area (TPSA) is 119 Å². The zero-order valence-corrected chi connectivity index (χ0v) is 12.2. The fourth-order valence-electron chi connectivity index (χ4n) is 0.485. The molecule has 0 bridgehead atoms. The average Bonchev–Trinajstić information content (AvgIpc) is 1.98. The average molecular weight is 250 g/mol. The fourth-order valence-corrected chi connectivity index (χ4v) is 0.485. The maximum Gasteiger partial charge on any atom is 1.00 e. The van der Waals surface area contributed by atoms with Crippen LogP contribution in [0.4, 0.5) is 4.79 Å². The van der Waals surface area contributed by atoms with Crippen LogP contribution in [-0.2, 0) is 9.47 Å². The molecule has 0 aromatic carbocycles. The molecule has 2 atom stereocenters. The van der Waals surface area contributed by atoms with Crippen molar-refractivity contribution in [3.05, 3.63) is 0 Å². The Bertz CT molecular complexity index is 137. The number of hydrogen-bond donors (Lipinski definition) is 3. The van der Waals surface area contributed by atoms with E-state index in [0.29, 0.717) is 6.61 Å².